The highest BCUT2D eigenvalue weighted by Crippen LogP contribution is 2.28. The van der Waals surface area contributed by atoms with E-state index >= 15 is 0 Å². The lowest BCUT2D eigenvalue weighted by Crippen LogP contribution is -2.21. The lowest BCUT2D eigenvalue weighted by Gasteiger charge is -2.14. The summed E-state index contributed by atoms with van der Waals surface area (Å²) in [6, 6.07) is 5.15. The molecule has 1 aromatic rings. The van der Waals surface area contributed by atoms with Crippen LogP contribution in [0.2, 0.25) is 5.02 Å². The molecule has 1 unspecified atom stereocenters. The Hall–Kier alpha value is -0.930. The first-order valence-corrected chi connectivity index (χ1v) is 6.79. The Morgan fingerprint density at radius 1 is 1.50 bits per heavy atom. The van der Waals surface area contributed by atoms with Gasteiger partial charge in [0.25, 0.3) is 0 Å². The molecule has 0 aromatic heterocycles. The Kier molecular flexibility index (Phi) is 6.30. The van der Waals surface area contributed by atoms with Gasteiger partial charge in [0, 0.05) is 16.8 Å². The van der Waals surface area contributed by atoms with Crippen LogP contribution < -0.4 is 10.1 Å². The average Bonchev–Trinajstić information content (AvgIpc) is 2.36. The number of anilines is 1. The van der Waals surface area contributed by atoms with E-state index in [0.29, 0.717) is 23.1 Å². The van der Waals surface area contributed by atoms with Crippen molar-refractivity contribution in [2.75, 3.05) is 17.8 Å². The molecule has 0 fully saturated rings. The van der Waals surface area contributed by atoms with Gasteiger partial charge in [-0.25, -0.2) is 0 Å². The number of amides is 1. The molecule has 0 saturated carbocycles. The standard InChI is InChI=1S/C13H17Cl2NO2/c1-3-6-18-12-5-4-10(15)7-11(12)16-13(17)9(2)8-14/h4-5,7,9H,3,6,8H2,1-2H3,(H,16,17). The maximum atomic E-state index is 11.8. The molecule has 0 spiro atoms. The van der Waals surface area contributed by atoms with Crippen LogP contribution >= 0.6 is 23.2 Å². The molecule has 18 heavy (non-hydrogen) atoms. The fourth-order valence-electron chi connectivity index (χ4n) is 1.26. The topological polar surface area (TPSA) is 38.3 Å². The second kappa shape index (κ2) is 7.49. The van der Waals surface area contributed by atoms with Crippen molar-refractivity contribution in [2.45, 2.75) is 20.3 Å². The van der Waals surface area contributed by atoms with E-state index < -0.39 is 0 Å². The molecule has 5 heteroatoms. The van der Waals surface area contributed by atoms with E-state index in [9.17, 15) is 4.79 Å². The predicted molar refractivity (Wildman–Crippen MR) is 75.8 cm³/mol. The van der Waals surface area contributed by atoms with Gasteiger partial charge >= 0.3 is 0 Å². The number of nitrogens with one attached hydrogen (secondary N) is 1. The first-order chi connectivity index (χ1) is 8.58. The SMILES string of the molecule is CCCOc1ccc(Cl)cc1NC(=O)C(C)CCl. The molecular formula is C13H17Cl2NO2. The van der Waals surface area contributed by atoms with Crippen LogP contribution in [0.3, 0.4) is 0 Å². The molecule has 1 atom stereocenters. The van der Waals surface area contributed by atoms with Crippen molar-refractivity contribution in [1.29, 1.82) is 0 Å². The zero-order valence-electron chi connectivity index (χ0n) is 10.5. The number of alkyl halides is 1. The second-order valence-corrected chi connectivity index (χ2v) is 4.78. The van der Waals surface area contributed by atoms with Crippen LogP contribution in [0.4, 0.5) is 5.69 Å². The van der Waals surface area contributed by atoms with Gasteiger partial charge in [0.2, 0.25) is 5.91 Å². The summed E-state index contributed by atoms with van der Waals surface area (Å²) in [7, 11) is 0. The van der Waals surface area contributed by atoms with Crippen LogP contribution in [-0.2, 0) is 4.79 Å². The molecule has 0 radical (unpaired) electrons. The van der Waals surface area contributed by atoms with Crippen LogP contribution in [0, 0.1) is 5.92 Å². The third-order valence-electron chi connectivity index (χ3n) is 2.34. The summed E-state index contributed by atoms with van der Waals surface area (Å²) in [4.78, 5) is 11.8. The van der Waals surface area contributed by atoms with Gasteiger partial charge in [-0.2, -0.15) is 0 Å². The summed E-state index contributed by atoms with van der Waals surface area (Å²) >= 11 is 11.6. The van der Waals surface area contributed by atoms with E-state index in [0.717, 1.165) is 6.42 Å². The summed E-state index contributed by atoms with van der Waals surface area (Å²) in [5, 5.41) is 3.33. The predicted octanol–water partition coefficient (Wildman–Crippen LogP) is 3.94. The van der Waals surface area contributed by atoms with Gasteiger partial charge < -0.3 is 10.1 Å². The quantitative estimate of drug-likeness (QED) is 0.806. The van der Waals surface area contributed by atoms with Crippen LogP contribution in [0.25, 0.3) is 0 Å². The van der Waals surface area contributed by atoms with E-state index in [-0.39, 0.29) is 17.7 Å². The Balaban J connectivity index is 2.84. The summed E-state index contributed by atoms with van der Waals surface area (Å²) in [6.07, 6.45) is 0.897. The summed E-state index contributed by atoms with van der Waals surface area (Å²) in [6.45, 7) is 4.37. The summed E-state index contributed by atoms with van der Waals surface area (Å²) < 4.78 is 5.55. The molecule has 100 valence electrons. The van der Waals surface area contributed by atoms with Crippen molar-refractivity contribution in [3.8, 4) is 5.75 Å². The van der Waals surface area contributed by atoms with Gasteiger partial charge in [0.15, 0.2) is 0 Å². The molecule has 3 nitrogen and oxygen atoms in total. The lowest BCUT2D eigenvalue weighted by molar-refractivity contribution is -0.118. The molecule has 0 aliphatic rings. The number of carbonyl (C=O) groups excluding carboxylic acids is 1. The Morgan fingerprint density at radius 3 is 2.83 bits per heavy atom. The monoisotopic (exact) mass is 289 g/mol. The highest BCUT2D eigenvalue weighted by molar-refractivity contribution is 6.31. The fourth-order valence-corrected chi connectivity index (χ4v) is 1.58. The first-order valence-electron chi connectivity index (χ1n) is 5.87. The van der Waals surface area contributed by atoms with E-state index in [4.69, 9.17) is 27.9 Å². The molecule has 0 aliphatic carbocycles. The van der Waals surface area contributed by atoms with Crippen LogP contribution in [-0.4, -0.2) is 18.4 Å². The van der Waals surface area contributed by atoms with E-state index in [1.54, 1.807) is 25.1 Å². The number of hydrogen-bond donors (Lipinski definition) is 1. The fraction of sp³-hybridized carbons (Fsp3) is 0.462. The molecule has 1 rings (SSSR count). The Morgan fingerprint density at radius 2 is 2.22 bits per heavy atom. The largest absolute Gasteiger partial charge is 0.491 e. The normalized spacial score (nSPS) is 12.0. The molecule has 0 saturated heterocycles. The van der Waals surface area contributed by atoms with Gasteiger partial charge in [0.1, 0.15) is 5.75 Å². The van der Waals surface area contributed by atoms with E-state index in [1.807, 2.05) is 6.92 Å². The van der Waals surface area contributed by atoms with Crippen LogP contribution in [0.15, 0.2) is 18.2 Å². The van der Waals surface area contributed by atoms with Crippen molar-refractivity contribution in [1.82, 2.24) is 0 Å². The van der Waals surface area contributed by atoms with Gasteiger partial charge in [-0.15, -0.1) is 11.6 Å². The van der Waals surface area contributed by atoms with Gasteiger partial charge in [-0.1, -0.05) is 25.4 Å². The third kappa shape index (κ3) is 4.39. The molecule has 1 aromatic carbocycles. The minimum atomic E-state index is -0.260. The number of carbonyl (C=O) groups is 1. The smallest absolute Gasteiger partial charge is 0.228 e. The number of ether oxygens (including phenoxy) is 1. The van der Waals surface area contributed by atoms with Crippen molar-refractivity contribution >= 4 is 34.8 Å². The zero-order valence-corrected chi connectivity index (χ0v) is 12.0. The van der Waals surface area contributed by atoms with Gasteiger partial charge in [0.05, 0.1) is 12.3 Å². The van der Waals surface area contributed by atoms with Crippen molar-refractivity contribution < 1.29 is 9.53 Å². The molecule has 1 amide bonds. The lowest BCUT2D eigenvalue weighted by atomic mass is 10.2. The van der Waals surface area contributed by atoms with Crippen molar-refractivity contribution in [2.24, 2.45) is 5.92 Å². The van der Waals surface area contributed by atoms with Crippen LogP contribution in [0.5, 0.6) is 5.75 Å². The maximum Gasteiger partial charge on any atom is 0.228 e. The molecule has 0 bridgehead atoms. The minimum absolute atomic E-state index is 0.145. The van der Waals surface area contributed by atoms with E-state index in [2.05, 4.69) is 5.32 Å². The maximum absolute atomic E-state index is 11.8. The highest BCUT2D eigenvalue weighted by Gasteiger charge is 2.14. The average molecular weight is 290 g/mol. The summed E-state index contributed by atoms with van der Waals surface area (Å²) in [5.41, 5.74) is 0.581. The summed E-state index contributed by atoms with van der Waals surface area (Å²) in [5.74, 6) is 0.493. The number of benzene rings is 1. The Bertz CT molecular complexity index is 410. The van der Waals surface area contributed by atoms with E-state index in [1.165, 1.54) is 0 Å². The number of hydrogen-bond acceptors (Lipinski definition) is 2. The van der Waals surface area contributed by atoms with Gasteiger partial charge in [-0.05, 0) is 24.6 Å². The minimum Gasteiger partial charge on any atom is -0.491 e. The molecule has 0 aliphatic heterocycles. The third-order valence-corrected chi connectivity index (χ3v) is 3.04. The molecule has 1 N–H and O–H groups in total. The first kappa shape index (κ1) is 15.1. The Labute approximate surface area is 117 Å². The molecular weight excluding hydrogens is 273 g/mol. The van der Waals surface area contributed by atoms with Gasteiger partial charge in [-0.3, -0.25) is 4.79 Å². The second-order valence-electron chi connectivity index (χ2n) is 4.03. The van der Waals surface area contributed by atoms with Crippen molar-refractivity contribution in [3.63, 3.8) is 0 Å². The number of rotatable bonds is 6. The molecule has 0 heterocycles. The number of halogens is 2. The van der Waals surface area contributed by atoms with Crippen molar-refractivity contribution in [3.05, 3.63) is 23.2 Å². The highest BCUT2D eigenvalue weighted by atomic mass is 35.5. The zero-order chi connectivity index (χ0) is 13.5. The van der Waals surface area contributed by atoms with Crippen LogP contribution in [0.1, 0.15) is 20.3 Å².